The van der Waals surface area contributed by atoms with E-state index in [0.717, 1.165) is 35.7 Å². The first-order valence-corrected chi connectivity index (χ1v) is 9.28. The first kappa shape index (κ1) is 16.3. The number of hydrogen-bond donors (Lipinski definition) is 1. The van der Waals surface area contributed by atoms with E-state index in [1.807, 2.05) is 12.1 Å². The SMILES string of the molecule is CC1CCN(CCc2c(-c3cccc(F)c3)[nH]c3ccccc23)CC1. The van der Waals surface area contributed by atoms with Gasteiger partial charge in [-0.3, -0.25) is 0 Å². The summed E-state index contributed by atoms with van der Waals surface area (Å²) in [5.74, 6) is 0.666. The maximum absolute atomic E-state index is 13.7. The maximum Gasteiger partial charge on any atom is 0.123 e. The molecule has 0 saturated carbocycles. The summed E-state index contributed by atoms with van der Waals surface area (Å²) in [6.45, 7) is 5.80. The Kier molecular flexibility index (Phi) is 4.58. The van der Waals surface area contributed by atoms with Crippen molar-refractivity contribution in [2.75, 3.05) is 19.6 Å². The number of aromatic nitrogens is 1. The Morgan fingerprint density at radius 1 is 1.08 bits per heavy atom. The van der Waals surface area contributed by atoms with Crippen LogP contribution in [-0.2, 0) is 6.42 Å². The number of aromatic amines is 1. The number of H-pyrrole nitrogens is 1. The molecular weight excluding hydrogens is 311 g/mol. The Morgan fingerprint density at radius 3 is 2.68 bits per heavy atom. The number of piperidine rings is 1. The summed E-state index contributed by atoms with van der Waals surface area (Å²) in [5.41, 5.74) is 4.42. The molecule has 130 valence electrons. The van der Waals surface area contributed by atoms with E-state index in [9.17, 15) is 4.39 Å². The Bertz CT molecular complexity index is 859. The van der Waals surface area contributed by atoms with Crippen molar-refractivity contribution in [2.45, 2.75) is 26.2 Å². The van der Waals surface area contributed by atoms with E-state index in [0.29, 0.717) is 0 Å². The maximum atomic E-state index is 13.7. The molecule has 2 heterocycles. The van der Waals surface area contributed by atoms with Gasteiger partial charge < -0.3 is 9.88 Å². The number of nitrogens with one attached hydrogen (secondary N) is 1. The van der Waals surface area contributed by atoms with Crippen LogP contribution in [0.1, 0.15) is 25.3 Å². The number of para-hydroxylation sites is 1. The normalized spacial score (nSPS) is 16.6. The fourth-order valence-corrected chi connectivity index (χ4v) is 3.91. The Balaban J connectivity index is 1.65. The van der Waals surface area contributed by atoms with Crippen LogP contribution in [0.2, 0.25) is 0 Å². The summed E-state index contributed by atoms with van der Waals surface area (Å²) in [6.07, 6.45) is 3.58. The first-order chi connectivity index (χ1) is 12.2. The number of hydrogen-bond acceptors (Lipinski definition) is 1. The Labute approximate surface area is 148 Å². The summed E-state index contributed by atoms with van der Waals surface area (Å²) in [4.78, 5) is 6.08. The van der Waals surface area contributed by atoms with Crippen molar-refractivity contribution >= 4 is 10.9 Å². The van der Waals surface area contributed by atoms with E-state index >= 15 is 0 Å². The molecule has 1 aromatic heterocycles. The third-order valence-electron chi connectivity index (χ3n) is 5.48. The predicted molar refractivity (Wildman–Crippen MR) is 102 cm³/mol. The molecule has 0 unspecified atom stereocenters. The van der Waals surface area contributed by atoms with Gasteiger partial charge in [-0.2, -0.15) is 0 Å². The standard InChI is InChI=1S/C22H25FN2/c1-16-9-12-25(13-10-16)14-11-20-19-7-2-3-8-21(19)24-22(20)17-5-4-6-18(23)15-17/h2-8,15-16,24H,9-14H2,1H3. The van der Waals surface area contributed by atoms with Gasteiger partial charge in [0.15, 0.2) is 0 Å². The minimum Gasteiger partial charge on any atom is -0.354 e. The summed E-state index contributed by atoms with van der Waals surface area (Å²) >= 11 is 0. The van der Waals surface area contributed by atoms with Gasteiger partial charge in [0.05, 0.1) is 0 Å². The highest BCUT2D eigenvalue weighted by molar-refractivity contribution is 5.90. The fraction of sp³-hybridized carbons (Fsp3) is 0.364. The van der Waals surface area contributed by atoms with Crippen LogP contribution >= 0.6 is 0 Å². The summed E-state index contributed by atoms with van der Waals surface area (Å²) in [5, 5.41) is 1.26. The van der Waals surface area contributed by atoms with Crippen LogP contribution in [-0.4, -0.2) is 29.5 Å². The smallest absolute Gasteiger partial charge is 0.123 e. The molecule has 3 aromatic rings. The first-order valence-electron chi connectivity index (χ1n) is 9.28. The summed E-state index contributed by atoms with van der Waals surface area (Å²) < 4.78 is 13.7. The van der Waals surface area contributed by atoms with Gasteiger partial charge in [-0.25, -0.2) is 4.39 Å². The highest BCUT2D eigenvalue weighted by atomic mass is 19.1. The lowest BCUT2D eigenvalue weighted by Gasteiger charge is -2.30. The number of benzene rings is 2. The molecule has 3 heteroatoms. The average molecular weight is 336 g/mol. The molecule has 0 aliphatic carbocycles. The van der Waals surface area contributed by atoms with E-state index in [2.05, 4.69) is 35.0 Å². The number of halogens is 1. The largest absolute Gasteiger partial charge is 0.354 e. The van der Waals surface area contributed by atoms with Gasteiger partial charge in [0.1, 0.15) is 5.82 Å². The fourth-order valence-electron chi connectivity index (χ4n) is 3.91. The van der Waals surface area contributed by atoms with Crippen LogP contribution in [0, 0.1) is 11.7 Å². The van der Waals surface area contributed by atoms with Crippen molar-refractivity contribution < 1.29 is 4.39 Å². The van der Waals surface area contributed by atoms with Crippen molar-refractivity contribution in [3.8, 4) is 11.3 Å². The van der Waals surface area contributed by atoms with Crippen molar-refractivity contribution in [1.29, 1.82) is 0 Å². The van der Waals surface area contributed by atoms with Crippen LogP contribution in [0.15, 0.2) is 48.5 Å². The molecule has 1 fully saturated rings. The number of likely N-dealkylation sites (tertiary alicyclic amines) is 1. The molecule has 1 saturated heterocycles. The lowest BCUT2D eigenvalue weighted by Crippen LogP contribution is -2.34. The average Bonchev–Trinajstić information content (AvgIpc) is 3.00. The second-order valence-electron chi connectivity index (χ2n) is 7.31. The molecule has 25 heavy (non-hydrogen) atoms. The number of rotatable bonds is 4. The molecule has 1 aliphatic heterocycles. The van der Waals surface area contributed by atoms with E-state index in [4.69, 9.17) is 0 Å². The van der Waals surface area contributed by atoms with Gasteiger partial charge in [0, 0.05) is 28.7 Å². The monoisotopic (exact) mass is 336 g/mol. The molecule has 0 bridgehead atoms. The second kappa shape index (κ2) is 7.01. The van der Waals surface area contributed by atoms with Gasteiger partial charge in [-0.1, -0.05) is 37.3 Å². The lowest BCUT2D eigenvalue weighted by atomic mass is 9.98. The number of fused-ring (bicyclic) bond motifs is 1. The van der Waals surface area contributed by atoms with Crippen molar-refractivity contribution in [3.05, 3.63) is 59.9 Å². The van der Waals surface area contributed by atoms with Gasteiger partial charge in [0.2, 0.25) is 0 Å². The van der Waals surface area contributed by atoms with E-state index in [-0.39, 0.29) is 5.82 Å². The molecule has 0 amide bonds. The molecule has 0 atom stereocenters. The van der Waals surface area contributed by atoms with Crippen molar-refractivity contribution in [3.63, 3.8) is 0 Å². The molecule has 2 nitrogen and oxygen atoms in total. The van der Waals surface area contributed by atoms with Gasteiger partial charge >= 0.3 is 0 Å². The van der Waals surface area contributed by atoms with Crippen molar-refractivity contribution in [1.82, 2.24) is 9.88 Å². The molecule has 1 N–H and O–H groups in total. The Hall–Kier alpha value is -2.13. The van der Waals surface area contributed by atoms with Gasteiger partial charge in [-0.05, 0) is 62.0 Å². The zero-order chi connectivity index (χ0) is 17.2. The summed E-state index contributed by atoms with van der Waals surface area (Å²) in [7, 11) is 0. The van der Waals surface area contributed by atoms with Crippen LogP contribution in [0.25, 0.3) is 22.2 Å². The van der Waals surface area contributed by atoms with Crippen LogP contribution in [0.5, 0.6) is 0 Å². The third kappa shape index (κ3) is 3.47. The molecule has 2 aromatic carbocycles. The Morgan fingerprint density at radius 2 is 1.88 bits per heavy atom. The summed E-state index contributed by atoms with van der Waals surface area (Å²) in [6, 6.07) is 15.3. The van der Waals surface area contributed by atoms with Gasteiger partial charge in [-0.15, -0.1) is 0 Å². The topological polar surface area (TPSA) is 19.0 Å². The third-order valence-corrected chi connectivity index (χ3v) is 5.48. The van der Waals surface area contributed by atoms with Crippen LogP contribution < -0.4 is 0 Å². The van der Waals surface area contributed by atoms with E-state index < -0.39 is 0 Å². The minimum atomic E-state index is -0.188. The highest BCUT2D eigenvalue weighted by Gasteiger charge is 2.18. The molecule has 0 spiro atoms. The molecule has 1 aliphatic rings. The quantitative estimate of drug-likeness (QED) is 0.689. The van der Waals surface area contributed by atoms with E-state index in [1.165, 1.54) is 42.9 Å². The second-order valence-corrected chi connectivity index (χ2v) is 7.31. The zero-order valence-corrected chi connectivity index (χ0v) is 14.8. The molecule has 4 rings (SSSR count). The predicted octanol–water partition coefficient (Wildman–Crippen LogP) is 5.25. The number of nitrogens with zero attached hydrogens (tertiary/aromatic N) is 1. The molecule has 0 radical (unpaired) electrons. The zero-order valence-electron chi connectivity index (χ0n) is 14.8. The minimum absolute atomic E-state index is 0.188. The van der Waals surface area contributed by atoms with Crippen LogP contribution in [0.3, 0.4) is 0 Å². The molecular formula is C22H25FN2. The van der Waals surface area contributed by atoms with Crippen LogP contribution in [0.4, 0.5) is 4.39 Å². The highest BCUT2D eigenvalue weighted by Crippen LogP contribution is 2.31. The van der Waals surface area contributed by atoms with E-state index in [1.54, 1.807) is 12.1 Å². The van der Waals surface area contributed by atoms with Gasteiger partial charge in [0.25, 0.3) is 0 Å². The van der Waals surface area contributed by atoms with Crippen molar-refractivity contribution in [2.24, 2.45) is 5.92 Å². The lowest BCUT2D eigenvalue weighted by molar-refractivity contribution is 0.195.